The number of hydrogen-bond acceptors (Lipinski definition) is 4. The van der Waals surface area contributed by atoms with Crippen LogP contribution in [0.25, 0.3) is 22.3 Å². The van der Waals surface area contributed by atoms with Crippen LogP contribution in [0.5, 0.6) is 0 Å². The largest absolute Gasteiger partial charge is 0.361 e. The maximum absolute atomic E-state index is 11.6. The molecule has 0 saturated carbocycles. The number of benzene rings is 1. The number of nitrogens with one attached hydrogen (secondary N) is 1. The smallest absolute Gasteiger partial charge is 0.234 e. The summed E-state index contributed by atoms with van der Waals surface area (Å²) < 4.78 is 5.55. The highest BCUT2D eigenvalue weighted by Crippen LogP contribution is 2.35. The van der Waals surface area contributed by atoms with E-state index in [2.05, 4.69) is 22.0 Å². The molecule has 1 atom stereocenters. The van der Waals surface area contributed by atoms with Gasteiger partial charge in [0.05, 0.1) is 5.41 Å². The summed E-state index contributed by atoms with van der Waals surface area (Å²) in [5.74, 6) is 1.28. The van der Waals surface area contributed by atoms with Gasteiger partial charge in [0.1, 0.15) is 0 Å². The van der Waals surface area contributed by atoms with Crippen molar-refractivity contribution in [1.29, 1.82) is 0 Å². The Hall–Kier alpha value is -2.63. The molecule has 1 saturated heterocycles. The lowest BCUT2D eigenvalue weighted by Gasteiger charge is -2.19. The van der Waals surface area contributed by atoms with E-state index >= 15 is 0 Å². The molecule has 1 aliphatic heterocycles. The van der Waals surface area contributed by atoms with Crippen molar-refractivity contribution >= 4 is 16.8 Å². The van der Waals surface area contributed by atoms with Gasteiger partial charge >= 0.3 is 0 Å². The van der Waals surface area contributed by atoms with Gasteiger partial charge in [-0.1, -0.05) is 17.3 Å². The van der Waals surface area contributed by atoms with Crippen molar-refractivity contribution < 1.29 is 9.32 Å². The Bertz CT molecular complexity index is 881. The summed E-state index contributed by atoms with van der Waals surface area (Å²) in [4.78, 5) is 21.2. The van der Waals surface area contributed by atoms with Crippen molar-refractivity contribution in [1.82, 2.24) is 20.0 Å². The molecule has 3 heterocycles. The molecule has 3 aromatic rings. The molecule has 2 aromatic heterocycles. The Morgan fingerprint density at radius 1 is 1.39 bits per heavy atom. The Labute approximate surface area is 133 Å². The summed E-state index contributed by atoms with van der Waals surface area (Å²) in [5.41, 5.74) is 1.72. The van der Waals surface area contributed by atoms with Gasteiger partial charge in [-0.05, 0) is 25.5 Å². The number of H-pyrrole nitrogens is 1. The fraction of sp³-hybridized carbons (Fsp3) is 0.353. The molecule has 0 aliphatic carbocycles. The summed E-state index contributed by atoms with van der Waals surface area (Å²) >= 11 is 0. The van der Waals surface area contributed by atoms with E-state index in [9.17, 15) is 4.79 Å². The van der Waals surface area contributed by atoms with E-state index in [1.807, 2.05) is 35.4 Å². The average molecular weight is 310 g/mol. The second kappa shape index (κ2) is 4.94. The molecule has 1 aliphatic rings. The molecule has 6 heteroatoms. The van der Waals surface area contributed by atoms with Gasteiger partial charge in [-0.25, -0.2) is 0 Å². The number of carbonyl (C=O) groups excluding carboxylic acids is 1. The van der Waals surface area contributed by atoms with Gasteiger partial charge in [0.15, 0.2) is 0 Å². The highest BCUT2D eigenvalue weighted by atomic mass is 16.5. The zero-order valence-corrected chi connectivity index (χ0v) is 13.2. The van der Waals surface area contributed by atoms with Gasteiger partial charge in [-0.15, -0.1) is 0 Å². The molecule has 1 amide bonds. The Morgan fingerprint density at radius 2 is 2.26 bits per heavy atom. The lowest BCUT2D eigenvalue weighted by atomic mass is 9.90. The molecule has 0 radical (unpaired) electrons. The second-order valence-corrected chi connectivity index (χ2v) is 6.42. The summed E-state index contributed by atoms with van der Waals surface area (Å²) in [7, 11) is 0. The number of aromatic amines is 1. The molecular formula is C17H18N4O2. The predicted octanol–water partition coefficient (Wildman–Crippen LogP) is 2.73. The maximum Gasteiger partial charge on any atom is 0.234 e. The molecule has 1 aromatic carbocycles. The minimum atomic E-state index is -0.275. The van der Waals surface area contributed by atoms with Gasteiger partial charge in [-0.2, -0.15) is 4.98 Å². The van der Waals surface area contributed by atoms with Crippen LogP contribution in [0.15, 0.2) is 35.0 Å². The van der Waals surface area contributed by atoms with Crippen molar-refractivity contribution in [3.63, 3.8) is 0 Å². The van der Waals surface area contributed by atoms with Crippen LogP contribution < -0.4 is 0 Å². The standard InChI is InChI=1S/C17H18N4O2/c1-11(22)21-9-7-17(2,10-21)16-19-15(20-23-16)13-4-3-5-14-12(13)6-8-18-14/h3-6,8,18H,7,9-10H2,1-2H3. The topological polar surface area (TPSA) is 75.0 Å². The van der Waals surface area contributed by atoms with Crippen LogP contribution in [0.4, 0.5) is 0 Å². The molecule has 0 bridgehead atoms. The SMILES string of the molecule is CC(=O)N1CCC(C)(c2nc(-c3cccc4[nH]ccc34)no2)C1. The van der Waals surface area contributed by atoms with E-state index < -0.39 is 0 Å². The molecule has 118 valence electrons. The van der Waals surface area contributed by atoms with Gasteiger partial charge in [0, 0.05) is 42.7 Å². The third-order valence-electron chi connectivity index (χ3n) is 4.70. The van der Waals surface area contributed by atoms with E-state index in [-0.39, 0.29) is 11.3 Å². The summed E-state index contributed by atoms with van der Waals surface area (Å²) in [6, 6.07) is 7.99. The van der Waals surface area contributed by atoms with Crippen LogP contribution in [0.1, 0.15) is 26.2 Å². The first-order valence-corrected chi connectivity index (χ1v) is 7.73. The predicted molar refractivity (Wildman–Crippen MR) is 85.8 cm³/mol. The first kappa shape index (κ1) is 14.0. The number of likely N-dealkylation sites (tertiary alicyclic amines) is 1. The monoisotopic (exact) mass is 310 g/mol. The molecule has 23 heavy (non-hydrogen) atoms. The number of hydrogen-bond donors (Lipinski definition) is 1. The highest BCUT2D eigenvalue weighted by molar-refractivity contribution is 5.93. The Morgan fingerprint density at radius 3 is 3.04 bits per heavy atom. The average Bonchev–Trinajstić information content (AvgIpc) is 3.26. The van der Waals surface area contributed by atoms with Crippen molar-refractivity contribution in [3.8, 4) is 11.4 Å². The van der Waals surface area contributed by atoms with Crippen LogP contribution in [-0.2, 0) is 10.2 Å². The van der Waals surface area contributed by atoms with E-state index in [0.717, 1.165) is 29.4 Å². The van der Waals surface area contributed by atoms with Crippen LogP contribution in [0.2, 0.25) is 0 Å². The quantitative estimate of drug-likeness (QED) is 0.789. The second-order valence-electron chi connectivity index (χ2n) is 6.42. The number of amides is 1. The van der Waals surface area contributed by atoms with Crippen molar-refractivity contribution in [2.24, 2.45) is 0 Å². The van der Waals surface area contributed by atoms with Crippen LogP contribution in [-0.4, -0.2) is 39.0 Å². The molecule has 0 spiro atoms. The molecule has 6 nitrogen and oxygen atoms in total. The van der Waals surface area contributed by atoms with Crippen LogP contribution >= 0.6 is 0 Å². The van der Waals surface area contributed by atoms with Gasteiger partial charge < -0.3 is 14.4 Å². The summed E-state index contributed by atoms with van der Waals surface area (Å²) in [6.45, 7) is 5.02. The number of aromatic nitrogens is 3. The molecule has 1 fully saturated rings. The number of rotatable bonds is 2. The summed E-state index contributed by atoms with van der Waals surface area (Å²) in [5, 5.41) is 5.24. The fourth-order valence-corrected chi connectivity index (χ4v) is 3.26. The minimum Gasteiger partial charge on any atom is -0.361 e. The zero-order chi connectivity index (χ0) is 16.0. The third-order valence-corrected chi connectivity index (χ3v) is 4.70. The first-order valence-electron chi connectivity index (χ1n) is 7.73. The van der Waals surface area contributed by atoms with E-state index in [4.69, 9.17) is 4.52 Å². The van der Waals surface area contributed by atoms with E-state index in [1.54, 1.807) is 6.92 Å². The fourth-order valence-electron chi connectivity index (χ4n) is 3.26. The Balaban J connectivity index is 1.70. The van der Waals surface area contributed by atoms with E-state index in [0.29, 0.717) is 18.3 Å². The van der Waals surface area contributed by atoms with Crippen LogP contribution in [0.3, 0.4) is 0 Å². The van der Waals surface area contributed by atoms with Crippen molar-refractivity contribution in [2.75, 3.05) is 13.1 Å². The number of carbonyl (C=O) groups is 1. The van der Waals surface area contributed by atoms with Gasteiger partial charge in [0.2, 0.25) is 17.6 Å². The zero-order valence-electron chi connectivity index (χ0n) is 13.2. The van der Waals surface area contributed by atoms with E-state index in [1.165, 1.54) is 0 Å². The number of nitrogens with zero attached hydrogens (tertiary/aromatic N) is 3. The summed E-state index contributed by atoms with van der Waals surface area (Å²) in [6.07, 6.45) is 2.74. The van der Waals surface area contributed by atoms with Crippen molar-refractivity contribution in [3.05, 3.63) is 36.4 Å². The highest BCUT2D eigenvalue weighted by Gasteiger charge is 2.41. The number of fused-ring (bicyclic) bond motifs is 1. The maximum atomic E-state index is 11.6. The normalized spacial score (nSPS) is 21.2. The Kier molecular flexibility index (Phi) is 3.01. The molecule has 1 unspecified atom stereocenters. The minimum absolute atomic E-state index is 0.0885. The molecular weight excluding hydrogens is 292 g/mol. The first-order chi connectivity index (χ1) is 11.1. The molecule has 1 N–H and O–H groups in total. The van der Waals surface area contributed by atoms with Crippen molar-refractivity contribution in [2.45, 2.75) is 25.7 Å². The molecule has 4 rings (SSSR count). The lowest BCUT2D eigenvalue weighted by molar-refractivity contribution is -0.128. The van der Waals surface area contributed by atoms with Gasteiger partial charge in [-0.3, -0.25) is 4.79 Å². The van der Waals surface area contributed by atoms with Crippen LogP contribution in [0, 0.1) is 0 Å². The lowest BCUT2D eigenvalue weighted by Crippen LogP contribution is -2.31. The van der Waals surface area contributed by atoms with Gasteiger partial charge in [0.25, 0.3) is 0 Å². The third kappa shape index (κ3) is 2.21.